The molecular formula is C14H22N4S2. The molecule has 2 heterocycles. The molecule has 0 atom stereocenters. The molecule has 0 aromatic carbocycles. The van der Waals surface area contributed by atoms with E-state index in [9.17, 15) is 0 Å². The number of nitrogens with zero attached hydrogens (tertiary/aromatic N) is 3. The Morgan fingerprint density at radius 3 is 2.75 bits per heavy atom. The van der Waals surface area contributed by atoms with E-state index >= 15 is 0 Å². The first-order valence-corrected chi connectivity index (χ1v) is 8.54. The predicted octanol–water partition coefficient (Wildman–Crippen LogP) is 3.04. The quantitative estimate of drug-likeness (QED) is 0.853. The van der Waals surface area contributed by atoms with E-state index in [2.05, 4.69) is 53.4 Å². The molecule has 0 fully saturated rings. The summed E-state index contributed by atoms with van der Waals surface area (Å²) in [6.45, 7) is 9.06. The van der Waals surface area contributed by atoms with E-state index in [0.717, 1.165) is 36.0 Å². The van der Waals surface area contributed by atoms with Crippen molar-refractivity contribution < 1.29 is 0 Å². The monoisotopic (exact) mass is 310 g/mol. The molecule has 4 nitrogen and oxygen atoms in total. The average molecular weight is 310 g/mol. The highest BCUT2D eigenvalue weighted by Gasteiger charge is 2.09. The van der Waals surface area contributed by atoms with E-state index in [1.165, 1.54) is 4.88 Å². The largest absolute Gasteiger partial charge is 0.308 e. The van der Waals surface area contributed by atoms with Gasteiger partial charge in [0.25, 0.3) is 0 Å². The summed E-state index contributed by atoms with van der Waals surface area (Å²) in [5.74, 6) is 0. The van der Waals surface area contributed by atoms with Crippen LogP contribution >= 0.6 is 22.7 Å². The van der Waals surface area contributed by atoms with E-state index < -0.39 is 0 Å². The van der Waals surface area contributed by atoms with Gasteiger partial charge in [-0.15, -0.1) is 22.7 Å². The van der Waals surface area contributed by atoms with E-state index in [4.69, 9.17) is 0 Å². The van der Waals surface area contributed by atoms with Crippen molar-refractivity contribution in [2.45, 2.75) is 46.4 Å². The van der Waals surface area contributed by atoms with Gasteiger partial charge in [-0.25, -0.2) is 9.97 Å². The molecule has 1 N–H and O–H groups in total. The van der Waals surface area contributed by atoms with Gasteiger partial charge in [0.2, 0.25) is 0 Å². The minimum absolute atomic E-state index is 0.499. The minimum atomic E-state index is 0.499. The van der Waals surface area contributed by atoms with Crippen molar-refractivity contribution in [1.82, 2.24) is 20.2 Å². The zero-order chi connectivity index (χ0) is 14.5. The van der Waals surface area contributed by atoms with E-state index in [-0.39, 0.29) is 0 Å². The molecular weight excluding hydrogens is 288 g/mol. The molecule has 2 aromatic heterocycles. The second kappa shape index (κ2) is 7.26. The number of nitrogens with one attached hydrogen (secondary N) is 1. The van der Waals surface area contributed by atoms with Crippen LogP contribution in [0.5, 0.6) is 0 Å². The Morgan fingerprint density at radius 1 is 1.30 bits per heavy atom. The van der Waals surface area contributed by atoms with Gasteiger partial charge >= 0.3 is 0 Å². The van der Waals surface area contributed by atoms with Crippen LogP contribution in [0.4, 0.5) is 0 Å². The molecule has 110 valence electrons. The van der Waals surface area contributed by atoms with Crippen LogP contribution in [-0.4, -0.2) is 28.0 Å². The van der Waals surface area contributed by atoms with Gasteiger partial charge in [0, 0.05) is 35.9 Å². The van der Waals surface area contributed by atoms with Crippen molar-refractivity contribution in [3.05, 3.63) is 32.2 Å². The first-order chi connectivity index (χ1) is 9.54. The van der Waals surface area contributed by atoms with Gasteiger partial charge in [0.15, 0.2) is 0 Å². The Hall–Kier alpha value is -0.820. The van der Waals surface area contributed by atoms with Crippen molar-refractivity contribution >= 4 is 22.7 Å². The summed E-state index contributed by atoms with van der Waals surface area (Å²) < 4.78 is 0. The van der Waals surface area contributed by atoms with E-state index in [0.29, 0.717) is 6.04 Å². The summed E-state index contributed by atoms with van der Waals surface area (Å²) >= 11 is 3.46. The van der Waals surface area contributed by atoms with Crippen LogP contribution in [0, 0.1) is 6.92 Å². The summed E-state index contributed by atoms with van der Waals surface area (Å²) in [6.07, 6.45) is 0. The van der Waals surface area contributed by atoms with Gasteiger partial charge < -0.3 is 5.32 Å². The third-order valence-electron chi connectivity index (χ3n) is 2.95. The van der Waals surface area contributed by atoms with E-state index in [1.807, 2.05) is 5.51 Å². The molecule has 0 aliphatic heterocycles. The van der Waals surface area contributed by atoms with Crippen LogP contribution in [-0.2, 0) is 19.6 Å². The Labute approximate surface area is 128 Å². The highest BCUT2D eigenvalue weighted by molar-refractivity contribution is 7.10. The van der Waals surface area contributed by atoms with Gasteiger partial charge in [-0.1, -0.05) is 13.8 Å². The average Bonchev–Trinajstić information content (AvgIpc) is 2.97. The lowest BCUT2D eigenvalue weighted by Crippen LogP contribution is -2.22. The zero-order valence-corrected chi connectivity index (χ0v) is 14.1. The number of hydrogen-bond acceptors (Lipinski definition) is 6. The molecule has 0 unspecified atom stereocenters. The Balaban J connectivity index is 1.85. The second-order valence-electron chi connectivity index (χ2n) is 5.30. The maximum atomic E-state index is 4.68. The lowest BCUT2D eigenvalue weighted by Gasteiger charge is -2.14. The lowest BCUT2D eigenvalue weighted by atomic mass is 10.3. The van der Waals surface area contributed by atoms with Gasteiger partial charge in [-0.3, -0.25) is 4.90 Å². The van der Waals surface area contributed by atoms with Crippen LogP contribution in [0.25, 0.3) is 0 Å². The number of hydrogen-bond donors (Lipinski definition) is 1. The Kier molecular flexibility index (Phi) is 5.65. The fraction of sp³-hybridized carbons (Fsp3) is 0.571. The van der Waals surface area contributed by atoms with Crippen LogP contribution in [0.15, 0.2) is 10.9 Å². The maximum absolute atomic E-state index is 4.68. The minimum Gasteiger partial charge on any atom is -0.308 e. The van der Waals surface area contributed by atoms with Crippen molar-refractivity contribution in [2.24, 2.45) is 0 Å². The van der Waals surface area contributed by atoms with Gasteiger partial charge in [-0.05, 0) is 14.0 Å². The standard InChI is InChI=1S/C14H22N4S2/c1-10(2)15-5-14-17-12(8-19-14)6-18(4)7-13-11(3)16-9-20-13/h8-10,15H,5-7H2,1-4H3. The first-order valence-electron chi connectivity index (χ1n) is 6.78. The maximum Gasteiger partial charge on any atom is 0.107 e. The fourth-order valence-corrected chi connectivity index (χ4v) is 3.44. The molecule has 0 aliphatic rings. The molecule has 0 amide bonds. The third kappa shape index (κ3) is 4.63. The van der Waals surface area contributed by atoms with Crippen molar-refractivity contribution in [3.8, 4) is 0 Å². The summed E-state index contributed by atoms with van der Waals surface area (Å²) in [5.41, 5.74) is 4.21. The highest BCUT2D eigenvalue weighted by atomic mass is 32.1. The topological polar surface area (TPSA) is 41.1 Å². The predicted molar refractivity (Wildman–Crippen MR) is 86.1 cm³/mol. The molecule has 0 saturated heterocycles. The molecule has 0 spiro atoms. The highest BCUT2D eigenvalue weighted by Crippen LogP contribution is 2.16. The number of aromatic nitrogens is 2. The zero-order valence-electron chi connectivity index (χ0n) is 12.5. The number of aryl methyl sites for hydroxylation is 1. The normalized spacial score (nSPS) is 11.7. The van der Waals surface area contributed by atoms with Crippen molar-refractivity contribution in [3.63, 3.8) is 0 Å². The molecule has 0 saturated carbocycles. The van der Waals surface area contributed by atoms with Crippen molar-refractivity contribution in [2.75, 3.05) is 7.05 Å². The van der Waals surface area contributed by atoms with Crippen LogP contribution in [0.2, 0.25) is 0 Å². The smallest absolute Gasteiger partial charge is 0.107 e. The van der Waals surface area contributed by atoms with E-state index in [1.54, 1.807) is 22.7 Å². The Morgan fingerprint density at radius 2 is 2.10 bits per heavy atom. The SMILES string of the molecule is Cc1ncsc1CN(C)Cc1csc(CNC(C)C)n1. The molecule has 6 heteroatoms. The molecule has 20 heavy (non-hydrogen) atoms. The Bertz CT molecular complexity index is 533. The van der Waals surface area contributed by atoms with Crippen molar-refractivity contribution in [1.29, 1.82) is 0 Å². The van der Waals surface area contributed by atoms with Gasteiger partial charge in [-0.2, -0.15) is 0 Å². The van der Waals surface area contributed by atoms with Crippen LogP contribution in [0.1, 0.15) is 35.1 Å². The third-order valence-corrected chi connectivity index (χ3v) is 4.77. The second-order valence-corrected chi connectivity index (χ2v) is 7.18. The molecule has 0 radical (unpaired) electrons. The molecule has 2 rings (SSSR count). The summed E-state index contributed by atoms with van der Waals surface area (Å²) in [7, 11) is 2.13. The summed E-state index contributed by atoms with van der Waals surface area (Å²) in [5, 5.41) is 6.72. The van der Waals surface area contributed by atoms with Crippen LogP contribution < -0.4 is 5.32 Å². The lowest BCUT2D eigenvalue weighted by molar-refractivity contribution is 0.317. The van der Waals surface area contributed by atoms with Gasteiger partial charge in [0.05, 0.1) is 16.9 Å². The fourth-order valence-electron chi connectivity index (χ4n) is 1.85. The molecule has 0 aliphatic carbocycles. The molecule has 0 bridgehead atoms. The number of rotatable bonds is 7. The van der Waals surface area contributed by atoms with Gasteiger partial charge in [0.1, 0.15) is 5.01 Å². The van der Waals surface area contributed by atoms with Crippen LogP contribution in [0.3, 0.4) is 0 Å². The first kappa shape index (κ1) is 15.6. The number of thiazole rings is 2. The summed E-state index contributed by atoms with van der Waals surface area (Å²) in [4.78, 5) is 12.6. The summed E-state index contributed by atoms with van der Waals surface area (Å²) in [6, 6.07) is 0.499. The molecule has 2 aromatic rings.